The first-order valence-corrected chi connectivity index (χ1v) is 8.31. The third-order valence-corrected chi connectivity index (χ3v) is 5.02. The Morgan fingerprint density at radius 1 is 1.44 bits per heavy atom. The summed E-state index contributed by atoms with van der Waals surface area (Å²) in [6.45, 7) is 4.74. The van der Waals surface area contributed by atoms with Gasteiger partial charge in [0.05, 0.1) is 5.41 Å². The molecule has 1 saturated heterocycles. The van der Waals surface area contributed by atoms with E-state index in [1.165, 1.54) is 12.3 Å². The lowest BCUT2D eigenvalue weighted by Gasteiger charge is -2.28. The molecule has 1 amide bonds. The van der Waals surface area contributed by atoms with Crippen LogP contribution in [0.15, 0.2) is 18.3 Å². The molecule has 1 unspecified atom stereocenters. The van der Waals surface area contributed by atoms with Crippen LogP contribution >= 0.6 is 0 Å². The Hall–Kier alpha value is -1.83. The van der Waals surface area contributed by atoms with E-state index in [0.29, 0.717) is 0 Å². The van der Waals surface area contributed by atoms with Crippen molar-refractivity contribution in [3.63, 3.8) is 0 Å². The summed E-state index contributed by atoms with van der Waals surface area (Å²) in [6.07, 6.45) is -1.14. The van der Waals surface area contributed by atoms with Crippen molar-refractivity contribution >= 4 is 5.91 Å². The normalized spacial score (nSPS) is 22.0. The molecule has 138 valence electrons. The van der Waals surface area contributed by atoms with Gasteiger partial charge in [-0.2, -0.15) is 13.2 Å². The summed E-state index contributed by atoms with van der Waals surface area (Å²) in [7, 11) is 0. The minimum absolute atomic E-state index is 0.0693. The average Bonchev–Trinajstić information content (AvgIpc) is 3.21. The molecule has 3 rings (SSSR count). The van der Waals surface area contributed by atoms with Gasteiger partial charge in [-0.1, -0.05) is 0 Å². The number of ether oxygens (including phenoxy) is 1. The van der Waals surface area contributed by atoms with Crippen molar-refractivity contribution in [1.29, 1.82) is 0 Å². The van der Waals surface area contributed by atoms with Crippen LogP contribution in [0.3, 0.4) is 0 Å². The molecule has 5 nitrogen and oxygen atoms in total. The highest BCUT2D eigenvalue weighted by atomic mass is 19.4. The quantitative estimate of drug-likeness (QED) is 0.849. The molecule has 0 aromatic carbocycles. The van der Waals surface area contributed by atoms with Crippen LogP contribution in [0.5, 0.6) is 5.88 Å². The lowest BCUT2D eigenvalue weighted by molar-refractivity contribution is -0.139. The van der Waals surface area contributed by atoms with E-state index in [9.17, 15) is 18.0 Å². The number of rotatable bonds is 5. The van der Waals surface area contributed by atoms with Crippen LogP contribution in [0.1, 0.15) is 32.3 Å². The second-order valence-corrected chi connectivity index (χ2v) is 7.55. The summed E-state index contributed by atoms with van der Waals surface area (Å²) in [4.78, 5) is 16.2. The number of hydrogen-bond acceptors (Lipinski definition) is 4. The SMILES string of the molecule is CC(C)(COc1ncccc1C(F)(F)F)C(=O)NC1CNCC12CC2. The first-order valence-electron chi connectivity index (χ1n) is 8.31. The lowest BCUT2D eigenvalue weighted by atomic mass is 9.91. The second-order valence-electron chi connectivity index (χ2n) is 7.55. The zero-order valence-corrected chi connectivity index (χ0v) is 14.2. The number of halogens is 3. The highest BCUT2D eigenvalue weighted by molar-refractivity contribution is 5.82. The number of amides is 1. The number of nitrogens with zero attached hydrogens (tertiary/aromatic N) is 1. The van der Waals surface area contributed by atoms with E-state index in [2.05, 4.69) is 15.6 Å². The Labute approximate surface area is 144 Å². The molecule has 1 aliphatic heterocycles. The molecular weight excluding hydrogens is 335 g/mol. The molecule has 1 atom stereocenters. The van der Waals surface area contributed by atoms with Crippen LogP contribution in [0, 0.1) is 10.8 Å². The number of aromatic nitrogens is 1. The van der Waals surface area contributed by atoms with Crippen molar-refractivity contribution in [2.75, 3.05) is 19.7 Å². The summed E-state index contributed by atoms with van der Waals surface area (Å²) >= 11 is 0. The third kappa shape index (κ3) is 3.73. The maximum absolute atomic E-state index is 13.0. The summed E-state index contributed by atoms with van der Waals surface area (Å²) < 4.78 is 44.2. The standard InChI is InChI=1S/C17H22F3N3O2/c1-15(2,14(24)23-12-8-21-9-16(12)5-6-16)10-25-13-11(17(18,19)20)4-3-7-22-13/h3-4,7,12,21H,5-6,8-10H2,1-2H3,(H,23,24). The third-order valence-electron chi connectivity index (χ3n) is 5.02. The Kier molecular flexibility index (Phi) is 4.43. The van der Waals surface area contributed by atoms with Gasteiger partial charge in [-0.3, -0.25) is 4.79 Å². The maximum Gasteiger partial charge on any atom is 0.421 e. The fourth-order valence-electron chi connectivity index (χ4n) is 3.08. The number of alkyl halides is 3. The van der Waals surface area contributed by atoms with Crippen LogP contribution < -0.4 is 15.4 Å². The minimum atomic E-state index is -4.55. The molecule has 1 aromatic heterocycles. The van der Waals surface area contributed by atoms with E-state index in [1.807, 2.05) is 0 Å². The highest BCUT2D eigenvalue weighted by Gasteiger charge is 2.53. The van der Waals surface area contributed by atoms with Crippen molar-refractivity contribution in [2.45, 2.75) is 38.9 Å². The Morgan fingerprint density at radius 3 is 2.80 bits per heavy atom. The topological polar surface area (TPSA) is 63.2 Å². The summed E-state index contributed by atoms with van der Waals surface area (Å²) in [5.74, 6) is -0.728. The lowest BCUT2D eigenvalue weighted by Crippen LogP contribution is -2.48. The molecule has 1 aromatic rings. The van der Waals surface area contributed by atoms with Gasteiger partial charge >= 0.3 is 6.18 Å². The molecule has 1 spiro atoms. The largest absolute Gasteiger partial charge is 0.476 e. The van der Waals surface area contributed by atoms with Crippen molar-refractivity contribution < 1.29 is 22.7 Å². The molecule has 2 heterocycles. The first kappa shape index (κ1) is 18.0. The van der Waals surface area contributed by atoms with Crippen LogP contribution in [-0.2, 0) is 11.0 Å². The number of carbonyl (C=O) groups is 1. The maximum atomic E-state index is 13.0. The molecule has 0 radical (unpaired) electrons. The van der Waals surface area contributed by atoms with Gasteiger partial charge < -0.3 is 15.4 Å². The molecular formula is C17H22F3N3O2. The fourth-order valence-corrected chi connectivity index (χ4v) is 3.08. The number of pyridine rings is 1. The molecule has 1 saturated carbocycles. The van der Waals surface area contributed by atoms with Crippen molar-refractivity contribution in [1.82, 2.24) is 15.6 Å². The Bertz CT molecular complexity index is 657. The predicted octanol–water partition coefficient (Wildman–Crippen LogP) is 2.37. The molecule has 2 aliphatic rings. The van der Waals surface area contributed by atoms with Crippen LogP contribution in [-0.4, -0.2) is 36.6 Å². The Morgan fingerprint density at radius 2 is 2.16 bits per heavy atom. The van der Waals surface area contributed by atoms with Crippen molar-refractivity contribution in [2.24, 2.45) is 10.8 Å². The minimum Gasteiger partial charge on any atom is -0.476 e. The van der Waals surface area contributed by atoms with Gasteiger partial charge in [-0.25, -0.2) is 4.98 Å². The van der Waals surface area contributed by atoms with E-state index in [-0.39, 0.29) is 24.0 Å². The van der Waals surface area contributed by atoms with Crippen LogP contribution in [0.2, 0.25) is 0 Å². The van der Waals surface area contributed by atoms with Crippen molar-refractivity contribution in [3.05, 3.63) is 23.9 Å². The van der Waals surface area contributed by atoms with Gasteiger partial charge in [0.15, 0.2) is 0 Å². The first-order chi connectivity index (χ1) is 11.6. The Balaban J connectivity index is 1.63. The van der Waals surface area contributed by atoms with Crippen LogP contribution in [0.25, 0.3) is 0 Å². The highest BCUT2D eigenvalue weighted by Crippen LogP contribution is 2.50. The molecule has 8 heteroatoms. The van der Waals surface area contributed by atoms with E-state index in [4.69, 9.17) is 4.74 Å². The molecule has 0 bridgehead atoms. The van der Waals surface area contributed by atoms with Gasteiger partial charge in [-0.15, -0.1) is 0 Å². The summed E-state index contributed by atoms with van der Waals surface area (Å²) in [5, 5.41) is 6.31. The molecule has 2 N–H and O–H groups in total. The average molecular weight is 357 g/mol. The van der Waals surface area contributed by atoms with E-state index >= 15 is 0 Å². The molecule has 2 fully saturated rings. The zero-order valence-electron chi connectivity index (χ0n) is 14.2. The van der Waals surface area contributed by atoms with Gasteiger partial charge in [0.2, 0.25) is 11.8 Å². The van der Waals surface area contributed by atoms with Gasteiger partial charge in [0.1, 0.15) is 12.2 Å². The van der Waals surface area contributed by atoms with Crippen molar-refractivity contribution in [3.8, 4) is 5.88 Å². The molecule has 25 heavy (non-hydrogen) atoms. The van der Waals surface area contributed by atoms with Crippen LogP contribution in [0.4, 0.5) is 13.2 Å². The van der Waals surface area contributed by atoms with Gasteiger partial charge in [-0.05, 0) is 38.8 Å². The summed E-state index contributed by atoms with van der Waals surface area (Å²) in [5.41, 5.74) is -1.75. The predicted molar refractivity (Wildman–Crippen MR) is 85.0 cm³/mol. The smallest absolute Gasteiger partial charge is 0.421 e. The molecule has 1 aliphatic carbocycles. The number of nitrogens with one attached hydrogen (secondary N) is 2. The van der Waals surface area contributed by atoms with E-state index in [0.717, 1.165) is 32.0 Å². The zero-order chi connectivity index (χ0) is 18.3. The van der Waals surface area contributed by atoms with E-state index < -0.39 is 23.0 Å². The number of hydrogen-bond donors (Lipinski definition) is 2. The van der Waals surface area contributed by atoms with Gasteiger partial charge in [0.25, 0.3) is 0 Å². The fraction of sp³-hybridized carbons (Fsp3) is 0.647. The summed E-state index contributed by atoms with van der Waals surface area (Å²) in [6, 6.07) is 2.19. The van der Waals surface area contributed by atoms with Gasteiger partial charge in [0, 0.05) is 30.7 Å². The monoisotopic (exact) mass is 357 g/mol. The van der Waals surface area contributed by atoms with E-state index in [1.54, 1.807) is 13.8 Å². The number of carbonyl (C=O) groups excluding carboxylic acids is 1. The second kappa shape index (κ2) is 6.16.